The lowest BCUT2D eigenvalue weighted by molar-refractivity contribution is 0.0977. The molecular weight excluding hydrogens is 311 g/mol. The molecule has 1 amide bonds. The molecule has 0 fully saturated rings. The molecule has 0 saturated carbocycles. The summed E-state index contributed by atoms with van der Waals surface area (Å²) in [7, 11) is 0. The third-order valence-electron chi connectivity index (χ3n) is 3.34. The molecule has 0 aromatic heterocycles. The second-order valence-corrected chi connectivity index (χ2v) is 5.39. The highest BCUT2D eigenvalue weighted by Crippen LogP contribution is 2.18. The number of rotatable bonds is 2. The summed E-state index contributed by atoms with van der Waals surface area (Å²) in [5, 5.41) is 7.93. The summed E-state index contributed by atoms with van der Waals surface area (Å²) in [6.45, 7) is 0. The van der Waals surface area contributed by atoms with E-state index in [1.807, 2.05) is 42.5 Å². The Morgan fingerprint density at radius 3 is 2.35 bits per heavy atom. The second kappa shape index (κ2) is 6.54. The number of halogens is 1. The van der Waals surface area contributed by atoms with Gasteiger partial charge in [0.25, 0.3) is 5.91 Å². The van der Waals surface area contributed by atoms with Crippen LogP contribution < -0.4 is 10.6 Å². The standard InChI is InChI=1S/C18H13FN2OS/c19-15-8-5-13(6-9-15)17(22)21-18(23)20-16-10-7-12-3-1-2-4-14(12)11-16/h1-11H,(H2,20,21,22,23). The number of benzene rings is 3. The lowest BCUT2D eigenvalue weighted by Gasteiger charge is -2.10. The van der Waals surface area contributed by atoms with E-state index in [0.717, 1.165) is 16.5 Å². The van der Waals surface area contributed by atoms with E-state index >= 15 is 0 Å². The van der Waals surface area contributed by atoms with Crippen molar-refractivity contribution in [2.75, 3.05) is 5.32 Å². The normalized spacial score (nSPS) is 10.3. The first-order valence-corrected chi connectivity index (χ1v) is 7.39. The minimum absolute atomic E-state index is 0.189. The van der Waals surface area contributed by atoms with Gasteiger partial charge in [-0.1, -0.05) is 30.3 Å². The highest BCUT2D eigenvalue weighted by Gasteiger charge is 2.08. The molecule has 3 rings (SSSR count). The van der Waals surface area contributed by atoms with E-state index in [2.05, 4.69) is 10.6 Å². The Hall–Kier alpha value is -2.79. The smallest absolute Gasteiger partial charge is 0.257 e. The van der Waals surface area contributed by atoms with Crippen molar-refractivity contribution in [3.05, 3.63) is 78.1 Å². The highest BCUT2D eigenvalue weighted by atomic mass is 32.1. The predicted molar refractivity (Wildman–Crippen MR) is 94.0 cm³/mol. The summed E-state index contributed by atoms with van der Waals surface area (Å²) in [6.07, 6.45) is 0. The Kier molecular flexibility index (Phi) is 4.30. The lowest BCUT2D eigenvalue weighted by Crippen LogP contribution is -2.34. The van der Waals surface area contributed by atoms with Crippen LogP contribution in [0.15, 0.2) is 66.7 Å². The SMILES string of the molecule is O=C(NC(=S)Nc1ccc2ccccc2c1)c1ccc(F)cc1. The van der Waals surface area contributed by atoms with Gasteiger partial charge in [0.2, 0.25) is 0 Å². The fourth-order valence-electron chi connectivity index (χ4n) is 2.21. The summed E-state index contributed by atoms with van der Waals surface area (Å²) in [5.41, 5.74) is 1.13. The van der Waals surface area contributed by atoms with Crippen molar-refractivity contribution in [1.82, 2.24) is 5.32 Å². The minimum Gasteiger partial charge on any atom is -0.332 e. The van der Waals surface area contributed by atoms with Crippen molar-refractivity contribution >= 4 is 39.7 Å². The van der Waals surface area contributed by atoms with Crippen molar-refractivity contribution in [3.8, 4) is 0 Å². The number of thiocarbonyl (C=S) groups is 1. The van der Waals surface area contributed by atoms with Gasteiger partial charge < -0.3 is 5.32 Å². The predicted octanol–water partition coefficient (Wildman–Crippen LogP) is 4.11. The van der Waals surface area contributed by atoms with Crippen LogP contribution in [0.5, 0.6) is 0 Å². The molecule has 3 nitrogen and oxygen atoms in total. The second-order valence-electron chi connectivity index (χ2n) is 4.98. The van der Waals surface area contributed by atoms with Crippen LogP contribution in [-0.2, 0) is 0 Å². The zero-order valence-corrected chi connectivity index (χ0v) is 12.9. The molecule has 2 N–H and O–H groups in total. The van der Waals surface area contributed by atoms with Crippen LogP contribution in [0.2, 0.25) is 0 Å². The van der Waals surface area contributed by atoms with E-state index in [1.165, 1.54) is 24.3 Å². The van der Waals surface area contributed by atoms with E-state index in [0.29, 0.717) is 5.56 Å². The molecule has 0 spiro atoms. The van der Waals surface area contributed by atoms with Crippen LogP contribution in [0.3, 0.4) is 0 Å². The van der Waals surface area contributed by atoms with E-state index in [9.17, 15) is 9.18 Å². The van der Waals surface area contributed by atoms with Gasteiger partial charge in [-0.2, -0.15) is 0 Å². The Balaban J connectivity index is 1.68. The third kappa shape index (κ3) is 3.70. The monoisotopic (exact) mass is 324 g/mol. The third-order valence-corrected chi connectivity index (χ3v) is 3.54. The van der Waals surface area contributed by atoms with Gasteiger partial charge in [0.05, 0.1) is 0 Å². The molecule has 0 unspecified atom stereocenters. The summed E-state index contributed by atoms with van der Waals surface area (Å²) in [4.78, 5) is 12.0. The van der Waals surface area contributed by atoms with Crippen LogP contribution in [0, 0.1) is 5.82 Å². The fraction of sp³-hybridized carbons (Fsp3) is 0. The molecule has 0 heterocycles. The minimum atomic E-state index is -0.390. The average Bonchev–Trinajstić information content (AvgIpc) is 2.55. The lowest BCUT2D eigenvalue weighted by atomic mass is 10.1. The molecule has 0 saturated heterocycles. The van der Waals surface area contributed by atoms with E-state index in [-0.39, 0.29) is 11.0 Å². The molecule has 23 heavy (non-hydrogen) atoms. The van der Waals surface area contributed by atoms with Crippen molar-refractivity contribution in [1.29, 1.82) is 0 Å². The summed E-state index contributed by atoms with van der Waals surface area (Å²) < 4.78 is 12.9. The quantitative estimate of drug-likeness (QED) is 0.697. The largest absolute Gasteiger partial charge is 0.332 e. The van der Waals surface area contributed by atoms with Crippen molar-refractivity contribution in [2.45, 2.75) is 0 Å². The van der Waals surface area contributed by atoms with E-state index < -0.39 is 5.82 Å². The first-order valence-electron chi connectivity index (χ1n) is 6.98. The molecule has 3 aromatic rings. The molecule has 5 heteroatoms. The molecule has 0 atom stereocenters. The van der Waals surface area contributed by atoms with Gasteiger partial charge in [-0.05, 0) is 59.4 Å². The number of anilines is 1. The first-order chi connectivity index (χ1) is 11.1. The number of carbonyl (C=O) groups is 1. The number of amides is 1. The maximum Gasteiger partial charge on any atom is 0.257 e. The van der Waals surface area contributed by atoms with Gasteiger partial charge in [0.1, 0.15) is 5.82 Å². The Labute approximate surface area is 138 Å². The number of fused-ring (bicyclic) bond motifs is 1. The van der Waals surface area contributed by atoms with Gasteiger partial charge in [0, 0.05) is 11.3 Å². The number of hydrogen-bond acceptors (Lipinski definition) is 2. The van der Waals surface area contributed by atoms with E-state index in [1.54, 1.807) is 0 Å². The highest BCUT2D eigenvalue weighted by molar-refractivity contribution is 7.80. The Morgan fingerprint density at radius 1 is 0.913 bits per heavy atom. The molecule has 0 aliphatic rings. The molecular formula is C18H13FN2OS. The topological polar surface area (TPSA) is 41.1 Å². The number of carbonyl (C=O) groups excluding carboxylic acids is 1. The molecule has 114 valence electrons. The van der Waals surface area contributed by atoms with Gasteiger partial charge in [-0.15, -0.1) is 0 Å². The first kappa shape index (κ1) is 15.1. The van der Waals surface area contributed by atoms with Gasteiger partial charge in [-0.25, -0.2) is 4.39 Å². The maximum absolute atomic E-state index is 12.9. The van der Waals surface area contributed by atoms with Gasteiger partial charge in [-0.3, -0.25) is 10.1 Å². The Morgan fingerprint density at radius 2 is 1.61 bits per heavy atom. The molecule has 0 aliphatic heterocycles. The van der Waals surface area contributed by atoms with Crippen molar-refractivity contribution in [2.24, 2.45) is 0 Å². The van der Waals surface area contributed by atoms with Gasteiger partial charge in [0.15, 0.2) is 5.11 Å². The van der Waals surface area contributed by atoms with E-state index in [4.69, 9.17) is 12.2 Å². The van der Waals surface area contributed by atoms with Crippen molar-refractivity contribution in [3.63, 3.8) is 0 Å². The number of hydrogen-bond donors (Lipinski definition) is 2. The molecule has 0 radical (unpaired) electrons. The van der Waals surface area contributed by atoms with Crippen LogP contribution in [0.4, 0.5) is 10.1 Å². The fourth-order valence-corrected chi connectivity index (χ4v) is 2.42. The number of nitrogens with one attached hydrogen (secondary N) is 2. The van der Waals surface area contributed by atoms with Gasteiger partial charge >= 0.3 is 0 Å². The van der Waals surface area contributed by atoms with Crippen LogP contribution >= 0.6 is 12.2 Å². The average molecular weight is 324 g/mol. The van der Waals surface area contributed by atoms with Crippen LogP contribution in [0.1, 0.15) is 10.4 Å². The van der Waals surface area contributed by atoms with Crippen molar-refractivity contribution < 1.29 is 9.18 Å². The Bertz CT molecular complexity index is 878. The molecule has 0 bridgehead atoms. The summed E-state index contributed by atoms with van der Waals surface area (Å²) in [5.74, 6) is -0.776. The molecule has 0 aliphatic carbocycles. The van der Waals surface area contributed by atoms with Crippen LogP contribution in [-0.4, -0.2) is 11.0 Å². The molecule has 3 aromatic carbocycles. The summed E-state index contributed by atoms with van der Waals surface area (Å²) in [6, 6.07) is 19.0. The maximum atomic E-state index is 12.9. The zero-order chi connectivity index (χ0) is 16.2. The van der Waals surface area contributed by atoms with Crippen LogP contribution in [0.25, 0.3) is 10.8 Å². The zero-order valence-electron chi connectivity index (χ0n) is 12.0. The summed E-state index contributed by atoms with van der Waals surface area (Å²) >= 11 is 5.14.